The molecule has 3 N–H and O–H groups in total. The van der Waals surface area contributed by atoms with Crippen LogP contribution in [0.2, 0.25) is 0 Å². The van der Waals surface area contributed by atoms with Gasteiger partial charge < -0.3 is 0 Å². The Balaban J connectivity index is 2.28. The van der Waals surface area contributed by atoms with E-state index in [4.69, 9.17) is 5.84 Å². The third-order valence-electron chi connectivity index (χ3n) is 3.30. The van der Waals surface area contributed by atoms with Crippen molar-refractivity contribution in [3.8, 4) is 11.3 Å². The van der Waals surface area contributed by atoms with E-state index in [9.17, 15) is 14.9 Å². The molecule has 0 aliphatic carbocycles. The number of nitro benzene ring substituents is 1. The van der Waals surface area contributed by atoms with Gasteiger partial charge in [-0.3, -0.25) is 20.3 Å². The minimum Gasteiger partial charge on any atom is -0.290 e. The number of nitrogens with one attached hydrogen (secondary N) is 1. The van der Waals surface area contributed by atoms with E-state index in [2.05, 4.69) is 15.4 Å². The first-order valence-corrected chi connectivity index (χ1v) is 6.61. The highest BCUT2D eigenvalue weighted by Crippen LogP contribution is 2.27. The average molecular weight is 309 g/mol. The molecule has 8 nitrogen and oxygen atoms in total. The van der Waals surface area contributed by atoms with E-state index in [-0.39, 0.29) is 16.9 Å². The number of amides is 1. The number of rotatable bonds is 3. The topological polar surface area (TPSA) is 124 Å². The number of hydrazine groups is 1. The molecule has 0 fully saturated rings. The van der Waals surface area contributed by atoms with Gasteiger partial charge in [0.2, 0.25) is 0 Å². The lowest BCUT2D eigenvalue weighted by Gasteiger charge is -2.09. The fourth-order valence-electron chi connectivity index (χ4n) is 2.24. The Labute approximate surface area is 130 Å². The fraction of sp³-hybridized carbons (Fsp3) is 0. The Hall–Kier alpha value is -3.39. The van der Waals surface area contributed by atoms with E-state index in [0.717, 1.165) is 0 Å². The number of fused-ring (bicyclic) bond motifs is 1. The number of nitrogens with two attached hydrogens (primary N) is 1. The second-order valence-corrected chi connectivity index (χ2v) is 4.72. The molecule has 3 rings (SSSR count). The van der Waals surface area contributed by atoms with Crippen molar-refractivity contribution in [3.05, 3.63) is 64.3 Å². The van der Waals surface area contributed by atoms with Crippen molar-refractivity contribution in [1.82, 2.24) is 15.4 Å². The number of nitrogen functional groups attached to an aromatic ring is 1. The first kappa shape index (κ1) is 14.5. The summed E-state index contributed by atoms with van der Waals surface area (Å²) in [4.78, 5) is 31.0. The van der Waals surface area contributed by atoms with Gasteiger partial charge in [0, 0.05) is 29.3 Å². The van der Waals surface area contributed by atoms with E-state index < -0.39 is 10.8 Å². The summed E-state index contributed by atoms with van der Waals surface area (Å²) in [6, 6.07) is 11.0. The highest BCUT2D eigenvalue weighted by molar-refractivity contribution is 6.02. The summed E-state index contributed by atoms with van der Waals surface area (Å²) in [5.74, 6) is 4.68. The highest BCUT2D eigenvalue weighted by Gasteiger charge is 2.17. The van der Waals surface area contributed by atoms with Gasteiger partial charge in [0.05, 0.1) is 16.2 Å². The van der Waals surface area contributed by atoms with E-state index in [1.807, 2.05) is 0 Å². The molecule has 2 heterocycles. The summed E-state index contributed by atoms with van der Waals surface area (Å²) in [5.41, 5.74) is 3.33. The van der Waals surface area contributed by atoms with Gasteiger partial charge >= 0.3 is 0 Å². The Bertz CT molecular complexity index is 926. The number of non-ortho nitro benzene ring substituents is 1. The van der Waals surface area contributed by atoms with E-state index in [1.54, 1.807) is 30.5 Å². The van der Waals surface area contributed by atoms with E-state index >= 15 is 0 Å². The van der Waals surface area contributed by atoms with Crippen LogP contribution in [0, 0.1) is 10.1 Å². The molecule has 0 spiro atoms. The van der Waals surface area contributed by atoms with Crippen molar-refractivity contribution in [2.75, 3.05) is 0 Å². The Morgan fingerprint density at radius 1 is 1.22 bits per heavy atom. The third-order valence-corrected chi connectivity index (χ3v) is 3.30. The van der Waals surface area contributed by atoms with Gasteiger partial charge in [-0.2, -0.15) is 0 Å². The predicted molar refractivity (Wildman–Crippen MR) is 83.3 cm³/mol. The van der Waals surface area contributed by atoms with Crippen LogP contribution in [-0.2, 0) is 0 Å². The maximum absolute atomic E-state index is 12.0. The molecule has 1 aromatic carbocycles. The van der Waals surface area contributed by atoms with Crippen LogP contribution in [0.1, 0.15) is 10.4 Å². The Morgan fingerprint density at radius 2 is 2.04 bits per heavy atom. The molecule has 0 aliphatic rings. The van der Waals surface area contributed by atoms with Crippen LogP contribution >= 0.6 is 0 Å². The number of benzene rings is 1. The molecule has 2 aromatic heterocycles. The summed E-state index contributed by atoms with van der Waals surface area (Å²) in [6.45, 7) is 0. The molecule has 0 radical (unpaired) electrons. The quantitative estimate of drug-likeness (QED) is 0.329. The average Bonchev–Trinajstić information content (AvgIpc) is 2.60. The Morgan fingerprint density at radius 3 is 2.78 bits per heavy atom. The summed E-state index contributed by atoms with van der Waals surface area (Å²) in [7, 11) is 0. The van der Waals surface area contributed by atoms with Gasteiger partial charge in [-0.05, 0) is 18.2 Å². The predicted octanol–water partition coefficient (Wildman–Crippen LogP) is 1.81. The molecule has 0 aliphatic heterocycles. The van der Waals surface area contributed by atoms with Gasteiger partial charge in [0.1, 0.15) is 0 Å². The normalized spacial score (nSPS) is 10.5. The molecule has 0 atom stereocenters. The Kier molecular flexibility index (Phi) is 3.65. The maximum Gasteiger partial charge on any atom is 0.270 e. The molecule has 3 aromatic rings. The summed E-state index contributed by atoms with van der Waals surface area (Å²) in [6.07, 6.45) is 1.58. The molecule has 0 unspecified atom stereocenters. The first-order valence-electron chi connectivity index (χ1n) is 6.61. The van der Waals surface area contributed by atoms with Gasteiger partial charge in [-0.1, -0.05) is 12.1 Å². The third kappa shape index (κ3) is 2.70. The van der Waals surface area contributed by atoms with Crippen molar-refractivity contribution in [1.29, 1.82) is 0 Å². The molecule has 0 saturated carbocycles. The number of carbonyl (C=O) groups is 1. The van der Waals surface area contributed by atoms with Crippen molar-refractivity contribution < 1.29 is 9.72 Å². The lowest BCUT2D eigenvalue weighted by Crippen LogP contribution is -2.30. The van der Waals surface area contributed by atoms with Crippen LogP contribution in [-0.4, -0.2) is 20.8 Å². The molecule has 1 amide bonds. The maximum atomic E-state index is 12.0. The largest absolute Gasteiger partial charge is 0.290 e. The highest BCUT2D eigenvalue weighted by atomic mass is 16.6. The minimum absolute atomic E-state index is 0.0930. The standard InChI is InChI=1S/C15H11N5O3/c16-19-15(21)12-8-10-4-2-6-17-14(10)18-13(12)9-3-1-5-11(7-9)20(22)23/h1-8H,16H2,(H,19,21). The number of carbonyl (C=O) groups excluding carboxylic acids is 1. The second-order valence-electron chi connectivity index (χ2n) is 4.72. The van der Waals surface area contributed by atoms with Crippen molar-refractivity contribution >= 4 is 22.6 Å². The number of nitrogens with zero attached hydrogens (tertiary/aromatic N) is 3. The molecular formula is C15H11N5O3. The summed E-state index contributed by atoms with van der Waals surface area (Å²) < 4.78 is 0. The first-order chi connectivity index (χ1) is 11.1. The molecule has 8 heteroatoms. The molecule has 0 saturated heterocycles. The molecular weight excluding hydrogens is 298 g/mol. The van der Waals surface area contributed by atoms with Crippen LogP contribution in [0.4, 0.5) is 5.69 Å². The fourth-order valence-corrected chi connectivity index (χ4v) is 2.24. The van der Waals surface area contributed by atoms with Gasteiger partial charge in [0.25, 0.3) is 11.6 Å². The van der Waals surface area contributed by atoms with Crippen LogP contribution in [0.3, 0.4) is 0 Å². The monoisotopic (exact) mass is 309 g/mol. The van der Waals surface area contributed by atoms with Crippen LogP contribution < -0.4 is 11.3 Å². The lowest BCUT2D eigenvalue weighted by atomic mass is 10.0. The summed E-state index contributed by atoms with van der Waals surface area (Å²) >= 11 is 0. The second kappa shape index (κ2) is 5.78. The zero-order valence-corrected chi connectivity index (χ0v) is 11.8. The van der Waals surface area contributed by atoms with Gasteiger partial charge in [-0.25, -0.2) is 15.8 Å². The number of hydrogen-bond acceptors (Lipinski definition) is 6. The smallest absolute Gasteiger partial charge is 0.270 e. The lowest BCUT2D eigenvalue weighted by molar-refractivity contribution is -0.384. The van der Waals surface area contributed by atoms with Crippen molar-refractivity contribution in [2.45, 2.75) is 0 Å². The van der Waals surface area contributed by atoms with Gasteiger partial charge in [-0.15, -0.1) is 0 Å². The number of hydrogen-bond donors (Lipinski definition) is 2. The van der Waals surface area contributed by atoms with Crippen LogP contribution in [0.25, 0.3) is 22.3 Å². The molecule has 23 heavy (non-hydrogen) atoms. The number of nitro groups is 1. The minimum atomic E-state index is -0.537. The SMILES string of the molecule is NNC(=O)c1cc2cccnc2nc1-c1cccc([N+](=O)[O-])c1. The van der Waals surface area contributed by atoms with Crippen LogP contribution in [0.15, 0.2) is 48.7 Å². The zero-order valence-electron chi connectivity index (χ0n) is 11.8. The van der Waals surface area contributed by atoms with Crippen molar-refractivity contribution in [2.24, 2.45) is 5.84 Å². The zero-order chi connectivity index (χ0) is 16.4. The van der Waals surface area contributed by atoms with Gasteiger partial charge in [0.15, 0.2) is 5.65 Å². The molecule has 0 bridgehead atoms. The molecule has 114 valence electrons. The van der Waals surface area contributed by atoms with E-state index in [1.165, 1.54) is 18.2 Å². The number of aromatic nitrogens is 2. The van der Waals surface area contributed by atoms with Crippen molar-refractivity contribution in [3.63, 3.8) is 0 Å². The van der Waals surface area contributed by atoms with Crippen LogP contribution in [0.5, 0.6) is 0 Å². The number of pyridine rings is 2. The summed E-state index contributed by atoms with van der Waals surface area (Å²) in [5, 5.41) is 11.6. The van der Waals surface area contributed by atoms with E-state index in [0.29, 0.717) is 16.6 Å².